The van der Waals surface area contributed by atoms with Crippen molar-refractivity contribution >= 4 is 23.1 Å². The molecule has 100 valence electrons. The fraction of sp³-hybridized carbons (Fsp3) is 0.231. The van der Waals surface area contributed by atoms with Crippen molar-refractivity contribution in [3.63, 3.8) is 0 Å². The molecule has 2 rings (SSSR count). The maximum atomic E-state index is 13.7. The molecule has 0 atom stereocenters. The molecule has 1 N–H and O–H groups in total. The summed E-state index contributed by atoms with van der Waals surface area (Å²) in [5, 5.41) is 3.36. The molecule has 0 bridgehead atoms. The van der Waals surface area contributed by atoms with Crippen LogP contribution in [0, 0.1) is 12.7 Å². The zero-order valence-corrected chi connectivity index (χ0v) is 11.3. The Morgan fingerprint density at radius 1 is 1.37 bits per heavy atom. The molecule has 2 aromatic rings. The van der Waals surface area contributed by atoms with Gasteiger partial charge in [-0.15, -0.1) is 0 Å². The van der Waals surface area contributed by atoms with Crippen molar-refractivity contribution in [1.82, 2.24) is 9.97 Å². The summed E-state index contributed by atoms with van der Waals surface area (Å²) in [6.07, 6.45) is 1.35. The van der Waals surface area contributed by atoms with Gasteiger partial charge in [0.1, 0.15) is 17.3 Å². The molecule has 0 aliphatic heterocycles. The Labute approximate surface area is 115 Å². The fourth-order valence-corrected chi connectivity index (χ4v) is 1.68. The van der Waals surface area contributed by atoms with E-state index in [1.807, 2.05) is 0 Å². The number of hydrogen-bond acceptors (Lipinski definition) is 4. The highest BCUT2D eigenvalue weighted by Crippen LogP contribution is 2.25. The molecule has 0 radical (unpaired) electrons. The van der Waals surface area contributed by atoms with Crippen molar-refractivity contribution in [3.8, 4) is 5.75 Å². The van der Waals surface area contributed by atoms with Gasteiger partial charge in [0, 0.05) is 17.3 Å². The Morgan fingerprint density at radius 2 is 2.16 bits per heavy atom. The van der Waals surface area contributed by atoms with E-state index >= 15 is 0 Å². The SMILES string of the molecule is CCOc1ccc(Nc2ncnc(Cl)c2C)cc1F. The van der Waals surface area contributed by atoms with Gasteiger partial charge in [-0.25, -0.2) is 14.4 Å². The second kappa shape index (κ2) is 5.84. The Hall–Kier alpha value is -1.88. The van der Waals surface area contributed by atoms with Crippen LogP contribution in [0.25, 0.3) is 0 Å². The zero-order chi connectivity index (χ0) is 13.8. The first kappa shape index (κ1) is 13.5. The maximum absolute atomic E-state index is 13.7. The number of benzene rings is 1. The van der Waals surface area contributed by atoms with E-state index in [1.54, 1.807) is 26.0 Å². The van der Waals surface area contributed by atoms with Gasteiger partial charge < -0.3 is 10.1 Å². The molecule has 0 unspecified atom stereocenters. The Balaban J connectivity index is 2.24. The molecule has 0 amide bonds. The van der Waals surface area contributed by atoms with E-state index in [4.69, 9.17) is 16.3 Å². The Bertz CT molecular complexity index is 592. The molecule has 1 aromatic carbocycles. The van der Waals surface area contributed by atoms with E-state index in [9.17, 15) is 4.39 Å². The van der Waals surface area contributed by atoms with Gasteiger partial charge >= 0.3 is 0 Å². The highest BCUT2D eigenvalue weighted by atomic mass is 35.5. The fourth-order valence-electron chi connectivity index (χ4n) is 1.54. The first-order chi connectivity index (χ1) is 9.11. The normalized spacial score (nSPS) is 10.3. The standard InChI is InChI=1S/C13H13ClFN3O/c1-3-19-11-5-4-9(6-10(11)15)18-13-8(2)12(14)16-7-17-13/h4-7H,3H2,1-2H3,(H,16,17,18). The van der Waals surface area contributed by atoms with Crippen LogP contribution >= 0.6 is 11.6 Å². The lowest BCUT2D eigenvalue weighted by Gasteiger charge is -2.10. The van der Waals surface area contributed by atoms with Crippen LogP contribution < -0.4 is 10.1 Å². The summed E-state index contributed by atoms with van der Waals surface area (Å²) in [5.74, 6) is 0.346. The lowest BCUT2D eigenvalue weighted by atomic mass is 10.2. The van der Waals surface area contributed by atoms with E-state index in [0.717, 1.165) is 0 Å². The van der Waals surface area contributed by atoms with Crippen LogP contribution in [0.15, 0.2) is 24.5 Å². The smallest absolute Gasteiger partial charge is 0.167 e. The molecule has 0 aliphatic rings. The molecule has 19 heavy (non-hydrogen) atoms. The summed E-state index contributed by atoms with van der Waals surface area (Å²) >= 11 is 5.89. The lowest BCUT2D eigenvalue weighted by molar-refractivity contribution is 0.321. The quantitative estimate of drug-likeness (QED) is 0.868. The van der Waals surface area contributed by atoms with Gasteiger partial charge in [-0.3, -0.25) is 0 Å². The number of ether oxygens (including phenoxy) is 1. The maximum Gasteiger partial charge on any atom is 0.167 e. The number of anilines is 2. The number of aromatic nitrogens is 2. The zero-order valence-electron chi connectivity index (χ0n) is 10.6. The molecule has 4 nitrogen and oxygen atoms in total. The third-order valence-corrected chi connectivity index (χ3v) is 2.90. The number of nitrogens with one attached hydrogen (secondary N) is 1. The molecule has 1 heterocycles. The Kier molecular flexibility index (Phi) is 4.16. The predicted octanol–water partition coefficient (Wildman–Crippen LogP) is 3.72. The second-order valence-electron chi connectivity index (χ2n) is 3.84. The summed E-state index contributed by atoms with van der Waals surface area (Å²) in [4.78, 5) is 7.92. The molecular formula is C13H13ClFN3O. The molecule has 0 saturated heterocycles. The van der Waals surface area contributed by atoms with Crippen molar-refractivity contribution < 1.29 is 9.13 Å². The lowest BCUT2D eigenvalue weighted by Crippen LogP contribution is -2.00. The van der Waals surface area contributed by atoms with Crippen molar-refractivity contribution in [3.05, 3.63) is 41.1 Å². The molecule has 6 heteroatoms. The number of nitrogens with zero attached hydrogens (tertiary/aromatic N) is 2. The highest BCUT2D eigenvalue weighted by Gasteiger charge is 2.08. The van der Waals surface area contributed by atoms with Crippen LogP contribution in [0.5, 0.6) is 5.75 Å². The third-order valence-electron chi connectivity index (χ3n) is 2.52. The van der Waals surface area contributed by atoms with Gasteiger partial charge in [-0.1, -0.05) is 11.6 Å². The van der Waals surface area contributed by atoms with Crippen molar-refractivity contribution in [2.45, 2.75) is 13.8 Å². The van der Waals surface area contributed by atoms with Gasteiger partial charge in [0.25, 0.3) is 0 Å². The molecule has 0 aliphatic carbocycles. The minimum Gasteiger partial charge on any atom is -0.491 e. The minimum atomic E-state index is -0.426. The van der Waals surface area contributed by atoms with Crippen LogP contribution in [-0.4, -0.2) is 16.6 Å². The van der Waals surface area contributed by atoms with Crippen LogP contribution in [0.3, 0.4) is 0 Å². The number of hydrogen-bond donors (Lipinski definition) is 1. The van der Waals surface area contributed by atoms with E-state index < -0.39 is 5.82 Å². The van der Waals surface area contributed by atoms with Gasteiger partial charge in [0.2, 0.25) is 0 Å². The van der Waals surface area contributed by atoms with Gasteiger partial charge in [0.15, 0.2) is 11.6 Å². The van der Waals surface area contributed by atoms with Gasteiger partial charge in [-0.2, -0.15) is 0 Å². The van der Waals surface area contributed by atoms with E-state index in [2.05, 4.69) is 15.3 Å². The Morgan fingerprint density at radius 3 is 2.84 bits per heavy atom. The molecule has 1 aromatic heterocycles. The molecule has 0 spiro atoms. The first-order valence-electron chi connectivity index (χ1n) is 5.78. The van der Waals surface area contributed by atoms with E-state index in [-0.39, 0.29) is 5.75 Å². The number of rotatable bonds is 4. The summed E-state index contributed by atoms with van der Waals surface area (Å²) in [7, 11) is 0. The van der Waals surface area contributed by atoms with Crippen LogP contribution in [-0.2, 0) is 0 Å². The highest BCUT2D eigenvalue weighted by molar-refractivity contribution is 6.30. The monoisotopic (exact) mass is 281 g/mol. The van der Waals surface area contributed by atoms with Crippen molar-refractivity contribution in [2.24, 2.45) is 0 Å². The average Bonchev–Trinajstić information content (AvgIpc) is 2.38. The largest absolute Gasteiger partial charge is 0.491 e. The van der Waals surface area contributed by atoms with Gasteiger partial charge in [-0.05, 0) is 26.0 Å². The molecule has 0 saturated carbocycles. The minimum absolute atomic E-state index is 0.227. The number of halogens is 2. The summed E-state index contributed by atoms with van der Waals surface area (Å²) in [6.45, 7) is 4.01. The summed E-state index contributed by atoms with van der Waals surface area (Å²) in [5.41, 5.74) is 1.28. The van der Waals surface area contributed by atoms with E-state index in [0.29, 0.717) is 28.8 Å². The van der Waals surface area contributed by atoms with Crippen LogP contribution in [0.2, 0.25) is 5.15 Å². The molecular weight excluding hydrogens is 269 g/mol. The van der Waals surface area contributed by atoms with Crippen molar-refractivity contribution in [1.29, 1.82) is 0 Å². The van der Waals surface area contributed by atoms with Crippen LogP contribution in [0.4, 0.5) is 15.9 Å². The predicted molar refractivity (Wildman–Crippen MR) is 72.6 cm³/mol. The second-order valence-corrected chi connectivity index (χ2v) is 4.20. The van der Waals surface area contributed by atoms with Crippen LogP contribution in [0.1, 0.15) is 12.5 Å². The summed E-state index contributed by atoms with van der Waals surface area (Å²) < 4.78 is 18.8. The van der Waals surface area contributed by atoms with Crippen molar-refractivity contribution in [2.75, 3.05) is 11.9 Å². The first-order valence-corrected chi connectivity index (χ1v) is 6.16. The average molecular weight is 282 g/mol. The summed E-state index contributed by atoms with van der Waals surface area (Å²) in [6, 6.07) is 4.63. The topological polar surface area (TPSA) is 47.0 Å². The third kappa shape index (κ3) is 3.12. The molecule has 0 fully saturated rings. The van der Waals surface area contributed by atoms with E-state index in [1.165, 1.54) is 12.4 Å². The van der Waals surface area contributed by atoms with Gasteiger partial charge in [0.05, 0.1) is 6.61 Å².